The van der Waals surface area contributed by atoms with Gasteiger partial charge in [0.15, 0.2) is 5.92 Å². The van der Waals surface area contributed by atoms with Gasteiger partial charge in [-0.15, -0.1) is 0 Å². The van der Waals surface area contributed by atoms with Gasteiger partial charge >= 0.3 is 11.9 Å². The first-order valence-electron chi connectivity index (χ1n) is 10.9. The van der Waals surface area contributed by atoms with Crippen LogP contribution in [-0.2, 0) is 19.1 Å². The molecule has 0 spiro atoms. The molecule has 0 aliphatic heterocycles. The van der Waals surface area contributed by atoms with E-state index in [1.54, 1.807) is 13.8 Å². The van der Waals surface area contributed by atoms with E-state index in [0.717, 1.165) is 23.5 Å². The van der Waals surface area contributed by atoms with Crippen LogP contribution in [0.2, 0.25) is 0 Å². The number of nitrogens with one attached hydrogen (secondary N) is 2. The van der Waals surface area contributed by atoms with Gasteiger partial charge in [0.25, 0.3) is 0 Å². The maximum Gasteiger partial charge on any atom is 0.324 e. The minimum Gasteiger partial charge on any atom is -0.465 e. The van der Waals surface area contributed by atoms with Crippen molar-refractivity contribution in [3.8, 4) is 0 Å². The molecular weight excluding hydrogens is 392 g/mol. The molecule has 1 unspecified atom stereocenters. The van der Waals surface area contributed by atoms with E-state index >= 15 is 0 Å². The Morgan fingerprint density at radius 3 is 2.03 bits per heavy atom. The third-order valence-corrected chi connectivity index (χ3v) is 4.70. The zero-order chi connectivity index (χ0) is 22.8. The summed E-state index contributed by atoms with van der Waals surface area (Å²) in [4.78, 5) is 25.5. The third-order valence-electron chi connectivity index (χ3n) is 4.70. The second-order valence-corrected chi connectivity index (χ2v) is 7.91. The van der Waals surface area contributed by atoms with Gasteiger partial charge in [-0.05, 0) is 63.4 Å². The molecule has 0 saturated carbocycles. The second kappa shape index (κ2) is 12.0. The van der Waals surface area contributed by atoms with Crippen molar-refractivity contribution in [2.24, 2.45) is 5.92 Å². The van der Waals surface area contributed by atoms with Crippen molar-refractivity contribution in [3.05, 3.63) is 54.1 Å². The smallest absolute Gasteiger partial charge is 0.324 e. The molecule has 0 fully saturated rings. The van der Waals surface area contributed by atoms with Gasteiger partial charge < -0.3 is 20.1 Å². The summed E-state index contributed by atoms with van der Waals surface area (Å²) in [6, 6.07) is 15.5. The third kappa shape index (κ3) is 7.31. The molecule has 0 aromatic heterocycles. The molecule has 0 heterocycles. The molecular formula is C25H34N2O4. The monoisotopic (exact) mass is 426 g/mol. The van der Waals surface area contributed by atoms with E-state index in [0.29, 0.717) is 11.5 Å². The molecule has 0 radical (unpaired) electrons. The highest BCUT2D eigenvalue weighted by Gasteiger charge is 2.34. The topological polar surface area (TPSA) is 76.7 Å². The minimum absolute atomic E-state index is 0.164. The van der Waals surface area contributed by atoms with Crippen LogP contribution in [0.5, 0.6) is 0 Å². The van der Waals surface area contributed by atoms with Crippen LogP contribution in [0.25, 0.3) is 0 Å². The number of rotatable bonds is 11. The number of esters is 2. The fourth-order valence-corrected chi connectivity index (χ4v) is 3.53. The SMILES string of the molecule is CCOC(=O)C(C(=O)OCC)c1cc(Nc2ccccc2)ccc1NC(C)CC(C)C. The predicted molar refractivity (Wildman–Crippen MR) is 125 cm³/mol. The van der Waals surface area contributed by atoms with Crippen molar-refractivity contribution < 1.29 is 19.1 Å². The van der Waals surface area contributed by atoms with Crippen LogP contribution in [0.4, 0.5) is 17.1 Å². The first kappa shape index (κ1) is 24.3. The Morgan fingerprint density at radius 2 is 1.48 bits per heavy atom. The number of hydrogen-bond donors (Lipinski definition) is 2. The van der Waals surface area contributed by atoms with Crippen LogP contribution in [-0.4, -0.2) is 31.2 Å². The molecule has 2 N–H and O–H groups in total. The van der Waals surface area contributed by atoms with Gasteiger partial charge in [-0.3, -0.25) is 9.59 Å². The molecule has 1 atom stereocenters. The number of carbonyl (C=O) groups excluding carboxylic acids is 2. The second-order valence-electron chi connectivity index (χ2n) is 7.91. The van der Waals surface area contributed by atoms with Crippen molar-refractivity contribution >= 4 is 29.0 Å². The zero-order valence-corrected chi connectivity index (χ0v) is 19.1. The van der Waals surface area contributed by atoms with Gasteiger partial charge in [-0.25, -0.2) is 0 Å². The molecule has 31 heavy (non-hydrogen) atoms. The average Bonchev–Trinajstić information content (AvgIpc) is 2.70. The van der Waals surface area contributed by atoms with Crippen LogP contribution in [0.1, 0.15) is 52.5 Å². The Kier molecular flexibility index (Phi) is 9.38. The quantitative estimate of drug-likeness (QED) is 0.366. The largest absolute Gasteiger partial charge is 0.465 e. The summed E-state index contributed by atoms with van der Waals surface area (Å²) in [5, 5.41) is 6.79. The predicted octanol–water partition coefficient (Wildman–Crippen LogP) is 5.49. The van der Waals surface area contributed by atoms with Gasteiger partial charge in [-0.1, -0.05) is 32.0 Å². The van der Waals surface area contributed by atoms with Crippen LogP contribution < -0.4 is 10.6 Å². The lowest BCUT2D eigenvalue weighted by Crippen LogP contribution is -2.28. The highest BCUT2D eigenvalue weighted by molar-refractivity contribution is 6.02. The Labute approximate surface area is 185 Å². The van der Waals surface area contributed by atoms with Crippen molar-refractivity contribution in [2.75, 3.05) is 23.8 Å². The number of anilines is 3. The fourth-order valence-electron chi connectivity index (χ4n) is 3.53. The van der Waals surface area contributed by atoms with E-state index in [9.17, 15) is 9.59 Å². The number of hydrogen-bond acceptors (Lipinski definition) is 6. The molecule has 0 saturated heterocycles. The van der Waals surface area contributed by atoms with Gasteiger partial charge in [0, 0.05) is 28.7 Å². The van der Waals surface area contributed by atoms with E-state index in [-0.39, 0.29) is 19.3 Å². The lowest BCUT2D eigenvalue weighted by atomic mass is 9.95. The van der Waals surface area contributed by atoms with Crippen LogP contribution >= 0.6 is 0 Å². The number of benzene rings is 2. The van der Waals surface area contributed by atoms with Gasteiger partial charge in [0.1, 0.15) is 0 Å². The van der Waals surface area contributed by atoms with E-state index in [1.807, 2.05) is 48.5 Å². The lowest BCUT2D eigenvalue weighted by molar-refractivity contribution is -0.156. The van der Waals surface area contributed by atoms with Crippen LogP contribution in [0, 0.1) is 5.92 Å². The molecule has 2 rings (SSSR count). The molecule has 0 amide bonds. The summed E-state index contributed by atoms with van der Waals surface area (Å²) in [5.74, 6) is -1.88. The maximum atomic E-state index is 12.8. The summed E-state index contributed by atoms with van der Waals surface area (Å²) in [6.45, 7) is 10.2. The maximum absolute atomic E-state index is 12.8. The molecule has 0 aliphatic rings. The van der Waals surface area contributed by atoms with E-state index in [1.165, 1.54) is 0 Å². The average molecular weight is 427 g/mol. The van der Waals surface area contributed by atoms with Crippen molar-refractivity contribution in [3.63, 3.8) is 0 Å². The number of ether oxygens (including phenoxy) is 2. The normalized spacial score (nSPS) is 11.8. The van der Waals surface area contributed by atoms with Crippen molar-refractivity contribution in [1.29, 1.82) is 0 Å². The standard InChI is InChI=1S/C25H34N2O4/c1-6-30-24(28)23(25(29)31-7-2)21-16-20(27-19-11-9-8-10-12-19)13-14-22(21)26-18(5)15-17(3)4/h8-14,16-18,23,26-27H,6-7,15H2,1-5H3. The fraction of sp³-hybridized carbons (Fsp3) is 0.440. The van der Waals surface area contributed by atoms with Crippen LogP contribution in [0.3, 0.4) is 0 Å². The van der Waals surface area contributed by atoms with Gasteiger partial charge in [0.2, 0.25) is 0 Å². The van der Waals surface area contributed by atoms with Gasteiger partial charge in [0.05, 0.1) is 13.2 Å². The van der Waals surface area contributed by atoms with Crippen molar-refractivity contribution in [2.45, 2.75) is 53.0 Å². The summed E-state index contributed by atoms with van der Waals surface area (Å²) in [6.07, 6.45) is 0.951. The Hall–Kier alpha value is -3.02. The first-order valence-corrected chi connectivity index (χ1v) is 10.9. The Bertz CT molecular complexity index is 834. The molecule has 168 valence electrons. The summed E-state index contributed by atoms with van der Waals surface area (Å²) in [7, 11) is 0. The number of para-hydroxylation sites is 1. The Morgan fingerprint density at radius 1 is 0.871 bits per heavy atom. The highest BCUT2D eigenvalue weighted by Crippen LogP contribution is 2.32. The molecule has 6 heteroatoms. The summed E-state index contributed by atoms with van der Waals surface area (Å²) >= 11 is 0. The first-order chi connectivity index (χ1) is 14.8. The number of carbonyl (C=O) groups is 2. The Balaban J connectivity index is 2.48. The zero-order valence-electron chi connectivity index (χ0n) is 19.1. The molecule has 2 aromatic carbocycles. The van der Waals surface area contributed by atoms with Crippen LogP contribution in [0.15, 0.2) is 48.5 Å². The lowest BCUT2D eigenvalue weighted by Gasteiger charge is -2.23. The van der Waals surface area contributed by atoms with E-state index in [4.69, 9.17) is 9.47 Å². The molecule has 0 aliphatic carbocycles. The molecule has 0 bridgehead atoms. The summed E-state index contributed by atoms with van der Waals surface area (Å²) < 4.78 is 10.4. The van der Waals surface area contributed by atoms with Gasteiger partial charge in [-0.2, -0.15) is 0 Å². The molecule has 2 aromatic rings. The minimum atomic E-state index is -1.16. The van der Waals surface area contributed by atoms with E-state index in [2.05, 4.69) is 31.4 Å². The summed E-state index contributed by atoms with van der Waals surface area (Å²) in [5.41, 5.74) is 2.93. The highest BCUT2D eigenvalue weighted by atomic mass is 16.6. The molecule has 6 nitrogen and oxygen atoms in total. The van der Waals surface area contributed by atoms with E-state index < -0.39 is 17.9 Å². The van der Waals surface area contributed by atoms with Crippen molar-refractivity contribution in [1.82, 2.24) is 0 Å².